The first-order valence-electron chi connectivity index (χ1n) is 6.34. The van der Waals surface area contributed by atoms with Crippen LogP contribution in [0, 0.1) is 4.91 Å². The number of hydrogen-bond acceptors (Lipinski definition) is 5. The molecular formula is C15H11NO4. The highest BCUT2D eigenvalue weighted by Gasteiger charge is 2.48. The molecule has 0 amide bonds. The van der Waals surface area contributed by atoms with Crippen LogP contribution >= 0.6 is 0 Å². The Morgan fingerprint density at radius 2 is 1.65 bits per heavy atom. The number of ether oxygens (including phenoxy) is 2. The Morgan fingerprint density at radius 3 is 2.35 bits per heavy atom. The van der Waals surface area contributed by atoms with E-state index < -0.39 is 5.79 Å². The van der Waals surface area contributed by atoms with Crippen molar-refractivity contribution in [3.05, 3.63) is 52.4 Å². The first-order chi connectivity index (χ1) is 9.74. The van der Waals surface area contributed by atoms with Crippen LogP contribution in [0.25, 0.3) is 11.1 Å². The third-order valence-corrected chi connectivity index (χ3v) is 3.81. The van der Waals surface area contributed by atoms with Gasteiger partial charge in [-0.1, -0.05) is 12.1 Å². The Morgan fingerprint density at radius 1 is 1.00 bits per heavy atom. The largest absolute Gasteiger partial charge is 0.508 e. The molecule has 5 heteroatoms. The van der Waals surface area contributed by atoms with Gasteiger partial charge >= 0.3 is 0 Å². The SMILES string of the molecule is O=Nc1ccc2c(c1)C1(OCCO1)c1cc(O)ccc1-2. The van der Waals surface area contributed by atoms with E-state index in [2.05, 4.69) is 5.18 Å². The van der Waals surface area contributed by atoms with Crippen LogP contribution in [-0.4, -0.2) is 18.3 Å². The van der Waals surface area contributed by atoms with Crippen LogP contribution in [-0.2, 0) is 15.3 Å². The second-order valence-corrected chi connectivity index (χ2v) is 4.86. The first-order valence-corrected chi connectivity index (χ1v) is 6.34. The highest BCUT2D eigenvalue weighted by molar-refractivity contribution is 5.81. The number of benzene rings is 2. The molecule has 1 aliphatic heterocycles. The van der Waals surface area contributed by atoms with Crippen LogP contribution in [0.5, 0.6) is 5.75 Å². The van der Waals surface area contributed by atoms with Gasteiger partial charge in [0.15, 0.2) is 0 Å². The van der Waals surface area contributed by atoms with E-state index in [4.69, 9.17) is 9.47 Å². The predicted octanol–water partition coefficient (Wildman–Crippen LogP) is 3.02. The molecule has 2 aromatic carbocycles. The molecule has 4 rings (SSSR count). The number of phenols is 1. The number of aromatic hydroxyl groups is 1. The molecule has 0 bridgehead atoms. The van der Waals surface area contributed by atoms with Crippen molar-refractivity contribution in [1.82, 2.24) is 0 Å². The van der Waals surface area contributed by atoms with Gasteiger partial charge in [-0.25, -0.2) is 0 Å². The monoisotopic (exact) mass is 269 g/mol. The smallest absolute Gasteiger partial charge is 0.223 e. The molecular weight excluding hydrogens is 258 g/mol. The Kier molecular flexibility index (Phi) is 2.24. The maximum atomic E-state index is 10.8. The number of nitrogens with zero attached hydrogens (tertiary/aromatic N) is 1. The van der Waals surface area contributed by atoms with Gasteiger partial charge in [0.05, 0.1) is 13.2 Å². The standard InChI is InChI=1S/C15H11NO4/c17-10-2-4-12-11-3-1-9(16-18)7-13(11)15(14(12)8-10)19-5-6-20-15/h1-4,7-8,17H,5-6H2. The molecule has 1 heterocycles. The lowest BCUT2D eigenvalue weighted by Crippen LogP contribution is -2.25. The fourth-order valence-corrected chi connectivity index (χ4v) is 3.00. The lowest BCUT2D eigenvalue weighted by atomic mass is 10.0. The van der Waals surface area contributed by atoms with Crippen molar-refractivity contribution >= 4 is 5.69 Å². The number of phenolic OH excluding ortho intramolecular Hbond substituents is 1. The summed E-state index contributed by atoms with van der Waals surface area (Å²) in [7, 11) is 0. The van der Waals surface area contributed by atoms with Crippen LogP contribution in [0.3, 0.4) is 0 Å². The predicted molar refractivity (Wildman–Crippen MR) is 71.7 cm³/mol. The van der Waals surface area contributed by atoms with E-state index >= 15 is 0 Å². The topological polar surface area (TPSA) is 68.1 Å². The Hall–Kier alpha value is -2.24. The molecule has 0 radical (unpaired) electrons. The van der Waals surface area contributed by atoms with Gasteiger partial charge in [-0.2, -0.15) is 0 Å². The molecule has 2 aromatic rings. The van der Waals surface area contributed by atoms with E-state index in [9.17, 15) is 10.0 Å². The number of fused-ring (bicyclic) bond motifs is 5. The molecule has 1 fully saturated rings. The molecule has 1 spiro atoms. The third kappa shape index (κ3) is 1.33. The van der Waals surface area contributed by atoms with Crippen molar-refractivity contribution in [3.63, 3.8) is 0 Å². The van der Waals surface area contributed by atoms with Crippen LogP contribution in [0.15, 0.2) is 41.6 Å². The average Bonchev–Trinajstić information content (AvgIpc) is 3.05. The van der Waals surface area contributed by atoms with Crippen molar-refractivity contribution in [2.75, 3.05) is 13.2 Å². The summed E-state index contributed by atoms with van der Waals surface area (Å²) in [6.07, 6.45) is 0. The van der Waals surface area contributed by atoms with E-state index in [1.54, 1.807) is 24.3 Å². The summed E-state index contributed by atoms with van der Waals surface area (Å²) in [4.78, 5) is 10.8. The summed E-state index contributed by atoms with van der Waals surface area (Å²) < 4.78 is 11.7. The summed E-state index contributed by atoms with van der Waals surface area (Å²) in [6, 6.07) is 10.3. The van der Waals surface area contributed by atoms with Gasteiger partial charge in [0, 0.05) is 11.1 Å². The molecule has 2 aliphatic rings. The van der Waals surface area contributed by atoms with E-state index in [1.807, 2.05) is 12.1 Å². The average molecular weight is 269 g/mol. The third-order valence-electron chi connectivity index (χ3n) is 3.81. The number of rotatable bonds is 1. The summed E-state index contributed by atoms with van der Waals surface area (Å²) in [5.41, 5.74) is 3.76. The van der Waals surface area contributed by atoms with Crippen LogP contribution in [0.4, 0.5) is 5.69 Å². The second kappa shape index (κ2) is 3.88. The lowest BCUT2D eigenvalue weighted by Gasteiger charge is -2.24. The van der Waals surface area contributed by atoms with Gasteiger partial charge in [-0.15, -0.1) is 4.91 Å². The summed E-state index contributed by atoms with van der Waals surface area (Å²) in [6.45, 7) is 0.931. The van der Waals surface area contributed by atoms with Crippen LogP contribution in [0.1, 0.15) is 11.1 Å². The summed E-state index contributed by atoms with van der Waals surface area (Å²) >= 11 is 0. The zero-order valence-electron chi connectivity index (χ0n) is 10.5. The molecule has 1 saturated heterocycles. The van der Waals surface area contributed by atoms with Gasteiger partial charge in [0.2, 0.25) is 5.79 Å². The van der Waals surface area contributed by atoms with Crippen LogP contribution in [0.2, 0.25) is 0 Å². The maximum absolute atomic E-state index is 10.8. The summed E-state index contributed by atoms with van der Waals surface area (Å²) in [5, 5.41) is 12.7. The fraction of sp³-hybridized carbons (Fsp3) is 0.200. The number of nitroso groups, excluding NO2 is 1. The van der Waals surface area contributed by atoms with E-state index in [1.165, 1.54) is 0 Å². The van der Waals surface area contributed by atoms with Gasteiger partial charge < -0.3 is 14.6 Å². The van der Waals surface area contributed by atoms with Crippen molar-refractivity contribution < 1.29 is 14.6 Å². The Labute approximate surface area is 114 Å². The van der Waals surface area contributed by atoms with Gasteiger partial charge in [-0.05, 0) is 40.6 Å². The van der Waals surface area contributed by atoms with E-state index in [-0.39, 0.29) is 5.75 Å². The molecule has 0 saturated carbocycles. The lowest BCUT2D eigenvalue weighted by molar-refractivity contribution is -0.126. The molecule has 1 N–H and O–H groups in total. The maximum Gasteiger partial charge on any atom is 0.223 e. The number of hydrogen-bond donors (Lipinski definition) is 1. The van der Waals surface area contributed by atoms with Crippen molar-refractivity contribution in [1.29, 1.82) is 0 Å². The second-order valence-electron chi connectivity index (χ2n) is 4.86. The fourth-order valence-electron chi connectivity index (χ4n) is 3.00. The zero-order chi connectivity index (χ0) is 13.7. The summed E-state index contributed by atoms with van der Waals surface area (Å²) in [5.74, 6) is -0.867. The van der Waals surface area contributed by atoms with Crippen LogP contribution < -0.4 is 0 Å². The molecule has 0 aromatic heterocycles. The quantitative estimate of drug-likeness (QED) is 0.808. The van der Waals surface area contributed by atoms with Gasteiger partial charge in [-0.3, -0.25) is 0 Å². The molecule has 0 atom stereocenters. The molecule has 1 aliphatic carbocycles. The molecule has 5 nitrogen and oxygen atoms in total. The minimum Gasteiger partial charge on any atom is -0.508 e. The molecule has 100 valence electrons. The highest BCUT2D eigenvalue weighted by Crippen LogP contribution is 2.53. The highest BCUT2D eigenvalue weighted by atomic mass is 16.7. The molecule has 0 unspecified atom stereocenters. The van der Waals surface area contributed by atoms with Crippen molar-refractivity contribution in [3.8, 4) is 16.9 Å². The van der Waals surface area contributed by atoms with E-state index in [0.29, 0.717) is 18.9 Å². The van der Waals surface area contributed by atoms with E-state index in [0.717, 1.165) is 22.3 Å². The van der Waals surface area contributed by atoms with Crippen molar-refractivity contribution in [2.45, 2.75) is 5.79 Å². The van der Waals surface area contributed by atoms with Gasteiger partial charge in [0.1, 0.15) is 11.4 Å². The molecule has 20 heavy (non-hydrogen) atoms. The zero-order valence-corrected chi connectivity index (χ0v) is 10.5. The van der Waals surface area contributed by atoms with Crippen molar-refractivity contribution in [2.24, 2.45) is 5.18 Å². The minimum absolute atomic E-state index is 0.156. The normalized spacial score (nSPS) is 18.0. The van der Waals surface area contributed by atoms with Gasteiger partial charge in [0.25, 0.3) is 0 Å². The Balaban J connectivity index is 2.05. The first kappa shape index (κ1) is 11.6. The Bertz CT molecular complexity index is 720. The minimum atomic E-state index is -1.02.